The molecule has 2 heterocycles. The van der Waals surface area contributed by atoms with Gasteiger partial charge in [-0.2, -0.15) is 9.78 Å². The van der Waals surface area contributed by atoms with Crippen LogP contribution in [0.25, 0.3) is 0 Å². The predicted octanol–water partition coefficient (Wildman–Crippen LogP) is 4.96. The second-order valence-corrected chi connectivity index (χ2v) is 7.64. The van der Waals surface area contributed by atoms with Crippen LogP contribution < -0.4 is 4.74 Å². The van der Waals surface area contributed by atoms with Gasteiger partial charge in [0, 0.05) is 0 Å². The van der Waals surface area contributed by atoms with Gasteiger partial charge in [-0.15, -0.1) is 10.2 Å². The Labute approximate surface area is 173 Å². The highest BCUT2D eigenvalue weighted by Crippen LogP contribution is 2.40. The van der Waals surface area contributed by atoms with E-state index in [0.717, 1.165) is 22.2 Å². The molecule has 0 bridgehead atoms. The normalized spacial score (nSPS) is 15.4. The van der Waals surface area contributed by atoms with Gasteiger partial charge in [0.1, 0.15) is 12.4 Å². The Hall–Kier alpha value is -3.38. The van der Waals surface area contributed by atoms with E-state index in [9.17, 15) is 0 Å². The van der Waals surface area contributed by atoms with E-state index in [1.807, 2.05) is 54.6 Å². The van der Waals surface area contributed by atoms with Crippen LogP contribution in [0.2, 0.25) is 0 Å². The molecular formula is C23H18N4OS. The standard InChI is InChI=1S/C23H18N4OS/c1-4-10-17(11-5-1)21-22(18-12-6-2-7-13-18)29-23-25-24-20(27(23)26-21)16-28-19-14-8-3-9-15-19/h1-15,22H,16H2/t22-/m1/s1. The van der Waals surface area contributed by atoms with E-state index in [-0.39, 0.29) is 5.25 Å². The maximum absolute atomic E-state index is 5.87. The molecule has 142 valence electrons. The summed E-state index contributed by atoms with van der Waals surface area (Å²) in [5.41, 5.74) is 3.26. The highest BCUT2D eigenvalue weighted by molar-refractivity contribution is 8.00. The average molecular weight is 398 g/mol. The van der Waals surface area contributed by atoms with Gasteiger partial charge >= 0.3 is 0 Å². The van der Waals surface area contributed by atoms with E-state index in [1.165, 1.54) is 5.56 Å². The minimum absolute atomic E-state index is 0.0539. The molecule has 3 aromatic carbocycles. The van der Waals surface area contributed by atoms with Gasteiger partial charge in [-0.1, -0.05) is 90.6 Å². The third kappa shape index (κ3) is 3.67. The molecule has 0 radical (unpaired) electrons. The minimum Gasteiger partial charge on any atom is -0.486 e. The van der Waals surface area contributed by atoms with Crippen molar-refractivity contribution in [3.63, 3.8) is 0 Å². The van der Waals surface area contributed by atoms with Crippen LogP contribution in [0.15, 0.2) is 101 Å². The lowest BCUT2D eigenvalue weighted by Gasteiger charge is -2.23. The summed E-state index contributed by atoms with van der Waals surface area (Å²) < 4.78 is 7.67. The average Bonchev–Trinajstić information content (AvgIpc) is 3.21. The summed E-state index contributed by atoms with van der Waals surface area (Å²) >= 11 is 1.66. The molecule has 0 fully saturated rings. The lowest BCUT2D eigenvalue weighted by atomic mass is 10.0. The fourth-order valence-corrected chi connectivity index (χ4v) is 4.35. The van der Waals surface area contributed by atoms with Crippen LogP contribution in [0.5, 0.6) is 5.75 Å². The zero-order chi connectivity index (χ0) is 19.5. The smallest absolute Gasteiger partial charge is 0.213 e. The number of aromatic nitrogens is 3. The Morgan fingerprint density at radius 2 is 1.45 bits per heavy atom. The van der Waals surface area contributed by atoms with Crippen molar-refractivity contribution in [2.75, 3.05) is 0 Å². The van der Waals surface area contributed by atoms with E-state index < -0.39 is 0 Å². The summed E-state index contributed by atoms with van der Waals surface area (Å²) in [5, 5.41) is 14.5. The Morgan fingerprint density at radius 3 is 2.17 bits per heavy atom. The summed E-state index contributed by atoms with van der Waals surface area (Å²) in [6.45, 7) is 0.305. The molecule has 5 rings (SSSR count). The molecule has 0 saturated heterocycles. The lowest BCUT2D eigenvalue weighted by Crippen LogP contribution is -2.19. The van der Waals surface area contributed by atoms with Gasteiger partial charge in [-0.25, -0.2) is 0 Å². The Kier molecular flexibility index (Phi) is 4.84. The lowest BCUT2D eigenvalue weighted by molar-refractivity contribution is 0.290. The first-order chi connectivity index (χ1) is 14.4. The Bertz CT molecular complexity index is 1130. The zero-order valence-corrected chi connectivity index (χ0v) is 16.4. The molecule has 0 saturated carbocycles. The molecule has 0 unspecified atom stereocenters. The van der Waals surface area contributed by atoms with Crippen molar-refractivity contribution in [3.05, 3.63) is 108 Å². The van der Waals surface area contributed by atoms with Crippen LogP contribution in [-0.4, -0.2) is 20.6 Å². The molecule has 0 spiro atoms. The van der Waals surface area contributed by atoms with Gasteiger partial charge in [-0.05, 0) is 23.3 Å². The van der Waals surface area contributed by atoms with Gasteiger partial charge in [0.15, 0.2) is 5.82 Å². The molecule has 29 heavy (non-hydrogen) atoms. The number of benzene rings is 3. The molecule has 0 aliphatic carbocycles. The molecule has 1 aliphatic rings. The van der Waals surface area contributed by atoms with Gasteiger partial charge in [0.2, 0.25) is 5.16 Å². The highest BCUT2D eigenvalue weighted by Gasteiger charge is 2.30. The molecule has 5 nitrogen and oxygen atoms in total. The maximum atomic E-state index is 5.87. The first kappa shape index (κ1) is 17.7. The predicted molar refractivity (Wildman–Crippen MR) is 114 cm³/mol. The summed E-state index contributed by atoms with van der Waals surface area (Å²) in [4.78, 5) is 0. The van der Waals surface area contributed by atoms with Gasteiger partial charge in [0.05, 0.1) is 11.0 Å². The number of para-hydroxylation sites is 1. The van der Waals surface area contributed by atoms with E-state index in [4.69, 9.17) is 9.84 Å². The third-order valence-electron chi connectivity index (χ3n) is 4.64. The fraction of sp³-hybridized carbons (Fsp3) is 0.0870. The first-order valence-electron chi connectivity index (χ1n) is 9.36. The van der Waals surface area contributed by atoms with Crippen LogP contribution >= 0.6 is 11.8 Å². The number of rotatable bonds is 5. The van der Waals surface area contributed by atoms with E-state index in [0.29, 0.717) is 12.4 Å². The number of hydrogen-bond donors (Lipinski definition) is 0. The quantitative estimate of drug-likeness (QED) is 0.477. The Morgan fingerprint density at radius 1 is 0.793 bits per heavy atom. The molecule has 1 atom stereocenters. The van der Waals surface area contributed by atoms with Gasteiger partial charge < -0.3 is 4.74 Å². The molecule has 1 aromatic heterocycles. The molecular weight excluding hydrogens is 380 g/mol. The molecule has 0 N–H and O–H groups in total. The summed E-state index contributed by atoms with van der Waals surface area (Å²) in [5.74, 6) is 1.47. The van der Waals surface area contributed by atoms with Crippen LogP contribution in [-0.2, 0) is 6.61 Å². The number of ether oxygens (including phenoxy) is 1. The maximum Gasteiger partial charge on any atom is 0.213 e. The number of nitrogens with zero attached hydrogens (tertiary/aromatic N) is 4. The van der Waals surface area contributed by atoms with Crippen molar-refractivity contribution in [2.45, 2.75) is 17.0 Å². The fourth-order valence-electron chi connectivity index (χ4n) is 3.22. The number of fused-ring (bicyclic) bond motifs is 1. The first-order valence-corrected chi connectivity index (χ1v) is 10.2. The molecule has 6 heteroatoms. The van der Waals surface area contributed by atoms with E-state index in [1.54, 1.807) is 16.4 Å². The molecule has 4 aromatic rings. The second kappa shape index (κ2) is 7.93. The molecule has 1 aliphatic heterocycles. The van der Waals surface area contributed by atoms with E-state index in [2.05, 4.69) is 46.6 Å². The van der Waals surface area contributed by atoms with Crippen LogP contribution in [0, 0.1) is 0 Å². The second-order valence-electron chi connectivity index (χ2n) is 6.57. The van der Waals surface area contributed by atoms with Crippen molar-refractivity contribution < 1.29 is 4.74 Å². The van der Waals surface area contributed by atoms with E-state index >= 15 is 0 Å². The zero-order valence-electron chi connectivity index (χ0n) is 15.6. The van der Waals surface area contributed by atoms with Crippen molar-refractivity contribution in [2.24, 2.45) is 5.10 Å². The SMILES string of the molecule is c1ccc(OCc2nnc3n2N=C(c2ccccc2)[C@@H](c2ccccc2)S3)cc1. The summed E-state index contributed by atoms with van der Waals surface area (Å²) in [6.07, 6.45) is 0. The topological polar surface area (TPSA) is 52.3 Å². The van der Waals surface area contributed by atoms with Crippen molar-refractivity contribution in [3.8, 4) is 5.75 Å². The van der Waals surface area contributed by atoms with Crippen LogP contribution in [0.1, 0.15) is 22.2 Å². The van der Waals surface area contributed by atoms with Crippen molar-refractivity contribution in [1.29, 1.82) is 0 Å². The molecule has 0 amide bonds. The van der Waals surface area contributed by atoms with Gasteiger partial charge in [-0.3, -0.25) is 0 Å². The number of hydrogen-bond acceptors (Lipinski definition) is 5. The summed E-state index contributed by atoms with van der Waals surface area (Å²) in [6, 6.07) is 30.3. The Balaban J connectivity index is 1.51. The van der Waals surface area contributed by atoms with Crippen molar-refractivity contribution in [1.82, 2.24) is 14.9 Å². The van der Waals surface area contributed by atoms with Crippen LogP contribution in [0.3, 0.4) is 0 Å². The minimum atomic E-state index is 0.0539. The van der Waals surface area contributed by atoms with Crippen molar-refractivity contribution >= 4 is 17.5 Å². The third-order valence-corrected chi connectivity index (χ3v) is 5.84. The van der Waals surface area contributed by atoms with Gasteiger partial charge in [0.25, 0.3) is 0 Å². The largest absolute Gasteiger partial charge is 0.486 e. The van der Waals surface area contributed by atoms with Crippen LogP contribution in [0.4, 0.5) is 0 Å². The monoisotopic (exact) mass is 398 g/mol. The number of thioether (sulfide) groups is 1. The summed E-state index contributed by atoms with van der Waals surface area (Å²) in [7, 11) is 0. The highest BCUT2D eigenvalue weighted by atomic mass is 32.2.